The second-order valence-corrected chi connectivity index (χ2v) is 7.19. The van der Waals surface area contributed by atoms with Crippen molar-refractivity contribution < 1.29 is 0 Å². The van der Waals surface area contributed by atoms with Crippen LogP contribution < -0.4 is 10.4 Å². The van der Waals surface area contributed by atoms with Gasteiger partial charge in [0.1, 0.15) is 0 Å². The first-order valence-electron chi connectivity index (χ1n) is 6.77. The average molecular weight is 332 g/mol. The van der Waals surface area contributed by atoms with E-state index in [9.17, 15) is 9.59 Å². The van der Waals surface area contributed by atoms with Crippen molar-refractivity contribution in [3.8, 4) is 10.4 Å². The molecule has 0 fully saturated rings. The lowest BCUT2D eigenvalue weighted by molar-refractivity contribution is 0.542. The number of hydrogen-bond acceptors (Lipinski definition) is 5. The van der Waals surface area contributed by atoms with Crippen molar-refractivity contribution in [2.75, 3.05) is 0 Å². The molecule has 0 aliphatic carbocycles. The van der Waals surface area contributed by atoms with Gasteiger partial charge in [0, 0.05) is 16.5 Å². The largest absolute Gasteiger partial charge is 0.306 e. The normalized spacial score (nSPS) is 12.0. The lowest BCUT2D eigenvalue weighted by Gasteiger charge is -2.08. The molecular formula is C14H12N4O2S2. The van der Waals surface area contributed by atoms with Crippen molar-refractivity contribution in [2.45, 2.75) is 19.9 Å². The summed E-state index contributed by atoms with van der Waals surface area (Å²) in [5.41, 5.74) is 1.71. The minimum Gasteiger partial charge on any atom is -0.297 e. The summed E-state index contributed by atoms with van der Waals surface area (Å²) < 4.78 is 2.47. The van der Waals surface area contributed by atoms with Crippen molar-refractivity contribution in [2.24, 2.45) is 0 Å². The van der Waals surface area contributed by atoms with E-state index in [2.05, 4.69) is 15.1 Å². The van der Waals surface area contributed by atoms with Crippen LogP contribution in [0.5, 0.6) is 0 Å². The van der Waals surface area contributed by atoms with Gasteiger partial charge in [-0.3, -0.25) is 24.4 Å². The Morgan fingerprint density at radius 1 is 1.32 bits per heavy atom. The Kier molecular flexibility index (Phi) is 2.85. The van der Waals surface area contributed by atoms with E-state index in [1.54, 1.807) is 16.0 Å². The van der Waals surface area contributed by atoms with Crippen LogP contribution in [0.3, 0.4) is 0 Å². The fourth-order valence-corrected chi connectivity index (χ4v) is 4.28. The summed E-state index contributed by atoms with van der Waals surface area (Å²) in [5, 5.41) is 5.35. The minimum atomic E-state index is -0.178. The summed E-state index contributed by atoms with van der Waals surface area (Å²) in [6.07, 6.45) is 0. The zero-order valence-electron chi connectivity index (χ0n) is 11.8. The maximum absolute atomic E-state index is 12.5. The molecule has 0 saturated carbocycles. The van der Waals surface area contributed by atoms with Crippen LogP contribution in [0.25, 0.3) is 31.8 Å². The molecule has 0 saturated heterocycles. The van der Waals surface area contributed by atoms with Crippen molar-refractivity contribution in [3.05, 3.63) is 37.5 Å². The van der Waals surface area contributed by atoms with E-state index in [0.717, 1.165) is 26.5 Å². The summed E-state index contributed by atoms with van der Waals surface area (Å²) in [6, 6.07) is 3.95. The number of nitrogens with one attached hydrogen (secondary N) is 2. The number of hydrogen-bond donors (Lipinski definition) is 2. The van der Waals surface area contributed by atoms with Gasteiger partial charge in [-0.05, 0) is 25.3 Å². The quantitative estimate of drug-likeness (QED) is 0.592. The van der Waals surface area contributed by atoms with Crippen molar-refractivity contribution >= 4 is 44.1 Å². The Hall–Kier alpha value is -2.19. The predicted octanol–water partition coefficient (Wildman–Crippen LogP) is 2.94. The van der Waals surface area contributed by atoms with Gasteiger partial charge >= 0.3 is 4.87 Å². The number of thiazole rings is 1. The SMILES string of the molecule is CC(C)n1[nH]c(=O)c2c(-c3cccs3)c3sc(=O)[nH]c3nc21. The van der Waals surface area contributed by atoms with Crippen LogP contribution in [-0.4, -0.2) is 19.7 Å². The van der Waals surface area contributed by atoms with Gasteiger partial charge in [0.2, 0.25) is 0 Å². The zero-order valence-corrected chi connectivity index (χ0v) is 13.5. The fourth-order valence-electron chi connectivity index (χ4n) is 2.59. The Balaban J connectivity index is 2.30. The molecule has 6 nitrogen and oxygen atoms in total. The molecule has 2 N–H and O–H groups in total. The molecule has 4 rings (SSSR count). The second-order valence-electron chi connectivity index (χ2n) is 5.26. The van der Waals surface area contributed by atoms with E-state index in [4.69, 9.17) is 0 Å². The highest BCUT2D eigenvalue weighted by Gasteiger charge is 2.21. The number of rotatable bonds is 2. The first kappa shape index (κ1) is 13.5. The summed E-state index contributed by atoms with van der Waals surface area (Å²) in [6.45, 7) is 3.95. The molecule has 4 aromatic rings. The summed E-state index contributed by atoms with van der Waals surface area (Å²) in [5.74, 6) is 0. The molecule has 4 aromatic heterocycles. The van der Waals surface area contributed by atoms with Crippen LogP contribution in [-0.2, 0) is 0 Å². The van der Waals surface area contributed by atoms with Crippen molar-refractivity contribution in [3.63, 3.8) is 0 Å². The summed E-state index contributed by atoms with van der Waals surface area (Å²) in [4.78, 5) is 32.3. The monoisotopic (exact) mass is 332 g/mol. The van der Waals surface area contributed by atoms with Gasteiger partial charge in [-0.2, -0.15) is 0 Å². The summed E-state index contributed by atoms with van der Waals surface area (Å²) >= 11 is 2.63. The lowest BCUT2D eigenvalue weighted by atomic mass is 10.1. The van der Waals surface area contributed by atoms with Gasteiger partial charge in [-0.15, -0.1) is 11.3 Å². The van der Waals surface area contributed by atoms with Crippen molar-refractivity contribution in [1.29, 1.82) is 0 Å². The van der Waals surface area contributed by atoms with Gasteiger partial charge in [0.25, 0.3) is 5.56 Å². The molecular weight excluding hydrogens is 320 g/mol. The van der Waals surface area contributed by atoms with Crippen LogP contribution >= 0.6 is 22.7 Å². The van der Waals surface area contributed by atoms with Crippen LogP contribution in [0.4, 0.5) is 0 Å². The van der Waals surface area contributed by atoms with Gasteiger partial charge in [-0.25, -0.2) is 4.98 Å². The maximum atomic E-state index is 12.5. The third kappa shape index (κ3) is 1.80. The molecule has 0 aliphatic rings. The van der Waals surface area contributed by atoms with E-state index in [1.807, 2.05) is 31.4 Å². The highest BCUT2D eigenvalue weighted by atomic mass is 32.1. The average Bonchev–Trinajstić information content (AvgIpc) is 3.15. The standard InChI is InChI=1S/C14H12N4O2S2/c1-6(2)18-12-9(13(19)17-18)8(7-4-3-5-21-7)10-11(15-12)16-14(20)22-10/h3-6H,1-2H3,(H,17,19)(H,15,16,20). The molecule has 0 unspecified atom stereocenters. The molecule has 0 spiro atoms. The van der Waals surface area contributed by atoms with Gasteiger partial charge in [0.05, 0.1) is 10.1 Å². The van der Waals surface area contributed by atoms with Crippen LogP contribution in [0.15, 0.2) is 27.1 Å². The number of H-pyrrole nitrogens is 2. The lowest BCUT2D eigenvalue weighted by Crippen LogP contribution is -2.07. The van der Waals surface area contributed by atoms with Crippen LogP contribution in [0, 0.1) is 0 Å². The Bertz CT molecular complexity index is 1100. The zero-order chi connectivity index (χ0) is 15.4. The first-order chi connectivity index (χ1) is 10.6. The van der Waals surface area contributed by atoms with E-state index >= 15 is 0 Å². The Labute approximate surface area is 132 Å². The molecule has 0 aliphatic heterocycles. The fraction of sp³-hybridized carbons (Fsp3) is 0.214. The maximum Gasteiger partial charge on any atom is 0.306 e. The van der Waals surface area contributed by atoms with Crippen LogP contribution in [0.1, 0.15) is 19.9 Å². The van der Waals surface area contributed by atoms with Crippen LogP contribution in [0.2, 0.25) is 0 Å². The van der Waals surface area contributed by atoms with E-state index < -0.39 is 0 Å². The minimum absolute atomic E-state index is 0.0664. The predicted molar refractivity (Wildman–Crippen MR) is 90.1 cm³/mol. The third-order valence-corrected chi connectivity index (χ3v) is 5.29. The number of aromatic amines is 2. The van der Waals surface area contributed by atoms with Gasteiger partial charge in [0.15, 0.2) is 11.3 Å². The first-order valence-corrected chi connectivity index (χ1v) is 8.47. The molecule has 0 radical (unpaired) electrons. The molecule has 0 aromatic carbocycles. The topological polar surface area (TPSA) is 83.5 Å². The number of aromatic nitrogens is 4. The molecule has 0 atom stereocenters. The van der Waals surface area contributed by atoms with E-state index in [0.29, 0.717) is 16.7 Å². The number of thiophene rings is 1. The highest BCUT2D eigenvalue weighted by Crippen LogP contribution is 2.36. The van der Waals surface area contributed by atoms with E-state index in [-0.39, 0.29) is 16.5 Å². The Morgan fingerprint density at radius 3 is 2.82 bits per heavy atom. The van der Waals surface area contributed by atoms with Gasteiger partial charge in [-0.1, -0.05) is 17.4 Å². The molecule has 8 heteroatoms. The number of nitrogens with zero attached hydrogens (tertiary/aromatic N) is 2. The number of pyridine rings is 1. The van der Waals surface area contributed by atoms with Gasteiger partial charge < -0.3 is 0 Å². The summed E-state index contributed by atoms with van der Waals surface area (Å²) in [7, 11) is 0. The third-order valence-electron chi connectivity index (χ3n) is 3.51. The molecule has 4 heterocycles. The number of fused-ring (bicyclic) bond motifs is 2. The molecule has 0 amide bonds. The smallest absolute Gasteiger partial charge is 0.297 e. The van der Waals surface area contributed by atoms with E-state index in [1.165, 1.54) is 0 Å². The Morgan fingerprint density at radius 2 is 2.14 bits per heavy atom. The van der Waals surface area contributed by atoms with Crippen molar-refractivity contribution in [1.82, 2.24) is 19.7 Å². The molecule has 0 bridgehead atoms. The molecule has 112 valence electrons. The second kappa shape index (κ2) is 4.65. The molecule has 22 heavy (non-hydrogen) atoms. The highest BCUT2D eigenvalue weighted by molar-refractivity contribution is 7.18.